The molecule has 0 radical (unpaired) electrons. The van der Waals surface area contributed by atoms with E-state index in [2.05, 4.69) is 20.2 Å². The van der Waals surface area contributed by atoms with Crippen molar-refractivity contribution in [3.8, 4) is 0 Å². The third-order valence-corrected chi connectivity index (χ3v) is 8.99. The summed E-state index contributed by atoms with van der Waals surface area (Å²) in [4.78, 5) is 34.8. The lowest BCUT2D eigenvalue weighted by atomic mass is 9.98. The van der Waals surface area contributed by atoms with Gasteiger partial charge in [-0.15, -0.1) is 0 Å². The van der Waals surface area contributed by atoms with E-state index < -0.39 is 6.29 Å². The van der Waals surface area contributed by atoms with Crippen molar-refractivity contribution in [2.75, 3.05) is 25.0 Å². The highest BCUT2D eigenvalue weighted by atomic mass is 16.7. The summed E-state index contributed by atoms with van der Waals surface area (Å²) in [6.07, 6.45) is 4.75. The number of para-hydroxylation sites is 2. The minimum atomic E-state index is -0.591. The van der Waals surface area contributed by atoms with Gasteiger partial charge < -0.3 is 29.8 Å². The Hall–Kier alpha value is -4.61. The predicted octanol–water partition coefficient (Wildman–Crippen LogP) is 5.35. The van der Waals surface area contributed by atoms with Crippen molar-refractivity contribution in [1.82, 2.24) is 19.4 Å². The van der Waals surface area contributed by atoms with E-state index in [1.807, 2.05) is 77.4 Å². The molecule has 0 saturated carbocycles. The first-order valence-electron chi connectivity index (χ1n) is 15.8. The SMILES string of the molecule is O=C(Nc1ccc([C@@H]2O[C@H](CN3CCC(n4c(=O)[nH]c5ccccc54)CC3)C[C@H](c3ccc(CO)cc3)O2)cc1)c1cccnc1. The lowest BCUT2D eigenvalue weighted by molar-refractivity contribution is -0.253. The number of H-pyrrole nitrogens is 1. The van der Waals surface area contributed by atoms with Crippen molar-refractivity contribution in [3.63, 3.8) is 0 Å². The van der Waals surface area contributed by atoms with Crippen LogP contribution >= 0.6 is 0 Å². The predicted molar refractivity (Wildman–Crippen MR) is 174 cm³/mol. The van der Waals surface area contributed by atoms with Crippen LogP contribution in [-0.2, 0) is 16.1 Å². The number of fused-ring (bicyclic) bond motifs is 1. The second kappa shape index (κ2) is 13.4. The molecular formula is C36H37N5O5. The number of carbonyl (C=O) groups is 1. The standard InChI is InChI=1S/C36H37N5O5/c42-23-24-7-9-25(10-8-24)33-20-30(22-40-18-15-29(16-19-40)41-32-6-2-1-5-31(32)39-36(41)44)45-35(46-33)26-11-13-28(14-12-26)38-34(43)27-4-3-17-37-21-27/h1-14,17,21,29-30,33,35,42H,15-16,18-20,22-23H2,(H,38,43)(H,39,44)/t30-,33+,35+/m0/s1. The van der Waals surface area contributed by atoms with Gasteiger partial charge >= 0.3 is 5.69 Å². The summed E-state index contributed by atoms with van der Waals surface area (Å²) in [6, 6.07) is 26.9. The molecule has 10 nitrogen and oxygen atoms in total. The van der Waals surface area contributed by atoms with Gasteiger partial charge in [-0.2, -0.15) is 0 Å². The minimum absolute atomic E-state index is 0.00946. The molecule has 4 heterocycles. The molecule has 0 spiro atoms. The van der Waals surface area contributed by atoms with E-state index in [-0.39, 0.29) is 36.5 Å². The van der Waals surface area contributed by atoms with Crippen molar-refractivity contribution in [3.05, 3.63) is 130 Å². The lowest BCUT2D eigenvalue weighted by Gasteiger charge is -2.40. The normalized spacial score (nSPS) is 20.9. The molecule has 46 heavy (non-hydrogen) atoms. The molecule has 2 aliphatic rings. The van der Waals surface area contributed by atoms with Crippen LogP contribution in [0, 0.1) is 0 Å². The maximum absolute atomic E-state index is 12.8. The second-order valence-corrected chi connectivity index (χ2v) is 12.0. The van der Waals surface area contributed by atoms with Crippen molar-refractivity contribution in [2.45, 2.75) is 50.4 Å². The Morgan fingerprint density at radius 3 is 2.43 bits per heavy atom. The van der Waals surface area contributed by atoms with E-state index >= 15 is 0 Å². The number of piperidine rings is 1. The molecule has 0 unspecified atom stereocenters. The number of benzene rings is 3. The smallest absolute Gasteiger partial charge is 0.326 e. The molecule has 5 aromatic rings. The van der Waals surface area contributed by atoms with Crippen LogP contribution in [0.2, 0.25) is 0 Å². The van der Waals surface area contributed by atoms with Gasteiger partial charge in [-0.05, 0) is 60.4 Å². The molecule has 0 aliphatic carbocycles. The zero-order valence-electron chi connectivity index (χ0n) is 25.4. The van der Waals surface area contributed by atoms with E-state index in [4.69, 9.17) is 9.47 Å². The number of aromatic amines is 1. The Labute approximate surface area is 266 Å². The fourth-order valence-electron chi connectivity index (χ4n) is 6.54. The monoisotopic (exact) mass is 619 g/mol. The first-order valence-corrected chi connectivity index (χ1v) is 15.8. The number of nitrogens with zero attached hydrogens (tertiary/aromatic N) is 3. The number of aliphatic hydroxyl groups excluding tert-OH is 1. The second-order valence-electron chi connectivity index (χ2n) is 12.0. The van der Waals surface area contributed by atoms with E-state index in [0.717, 1.165) is 60.2 Å². The van der Waals surface area contributed by atoms with Gasteiger partial charge in [0.1, 0.15) is 0 Å². The van der Waals surface area contributed by atoms with E-state index in [0.29, 0.717) is 17.7 Å². The fraction of sp³-hybridized carbons (Fsp3) is 0.306. The fourth-order valence-corrected chi connectivity index (χ4v) is 6.54. The summed E-state index contributed by atoms with van der Waals surface area (Å²) >= 11 is 0. The highest BCUT2D eigenvalue weighted by Crippen LogP contribution is 2.39. The molecule has 236 valence electrons. The van der Waals surface area contributed by atoms with Gasteiger partial charge in [-0.25, -0.2) is 4.79 Å². The number of amides is 1. The molecule has 0 bridgehead atoms. The van der Waals surface area contributed by atoms with Crippen molar-refractivity contribution in [1.29, 1.82) is 0 Å². The number of anilines is 1. The largest absolute Gasteiger partial charge is 0.392 e. The maximum atomic E-state index is 12.8. The van der Waals surface area contributed by atoms with Gasteiger partial charge in [0.15, 0.2) is 6.29 Å². The van der Waals surface area contributed by atoms with Crippen molar-refractivity contribution in [2.24, 2.45) is 0 Å². The number of hydrogen-bond acceptors (Lipinski definition) is 7. The Morgan fingerprint density at radius 2 is 1.70 bits per heavy atom. The first kappa shape index (κ1) is 30.1. The average molecular weight is 620 g/mol. The summed E-state index contributed by atoms with van der Waals surface area (Å²) in [5.41, 5.74) is 5.68. The minimum Gasteiger partial charge on any atom is -0.392 e. The van der Waals surface area contributed by atoms with Crippen LogP contribution in [0.15, 0.2) is 102 Å². The zero-order chi connectivity index (χ0) is 31.5. The van der Waals surface area contributed by atoms with Crippen LogP contribution in [-0.4, -0.2) is 56.2 Å². The zero-order valence-corrected chi connectivity index (χ0v) is 25.4. The van der Waals surface area contributed by atoms with Crippen LogP contribution in [0.4, 0.5) is 5.69 Å². The lowest BCUT2D eigenvalue weighted by Crippen LogP contribution is -2.43. The van der Waals surface area contributed by atoms with E-state index in [1.54, 1.807) is 18.3 Å². The van der Waals surface area contributed by atoms with Crippen LogP contribution in [0.5, 0.6) is 0 Å². The number of likely N-dealkylation sites (tertiary alicyclic amines) is 1. The molecule has 1 amide bonds. The van der Waals surface area contributed by atoms with E-state index in [9.17, 15) is 14.7 Å². The molecule has 3 N–H and O–H groups in total. The topological polar surface area (TPSA) is 122 Å². The van der Waals surface area contributed by atoms with Gasteiger partial charge in [0.2, 0.25) is 0 Å². The maximum Gasteiger partial charge on any atom is 0.326 e. The van der Waals surface area contributed by atoms with Gasteiger partial charge in [0.05, 0.1) is 35.4 Å². The third-order valence-electron chi connectivity index (χ3n) is 8.99. The molecular weight excluding hydrogens is 582 g/mol. The number of rotatable bonds is 8. The Kier molecular flexibility index (Phi) is 8.76. The molecule has 2 saturated heterocycles. The van der Waals surface area contributed by atoms with Crippen LogP contribution in [0.3, 0.4) is 0 Å². The van der Waals surface area contributed by atoms with Crippen LogP contribution in [0.25, 0.3) is 11.0 Å². The number of imidazole rings is 1. The molecule has 3 atom stereocenters. The van der Waals surface area contributed by atoms with Crippen LogP contribution in [0.1, 0.15) is 64.7 Å². The summed E-state index contributed by atoms with van der Waals surface area (Å²) in [7, 11) is 0. The summed E-state index contributed by atoms with van der Waals surface area (Å²) in [5.74, 6) is -0.226. The quantitative estimate of drug-likeness (QED) is 0.214. The number of ether oxygens (including phenoxy) is 2. The van der Waals surface area contributed by atoms with Gasteiger partial charge in [-0.3, -0.25) is 14.3 Å². The van der Waals surface area contributed by atoms with E-state index in [1.165, 1.54) is 6.20 Å². The first-order chi connectivity index (χ1) is 22.5. The molecule has 2 fully saturated rings. The Bertz CT molecular complexity index is 1830. The third kappa shape index (κ3) is 6.52. The number of aliphatic hydroxyl groups is 1. The highest BCUT2D eigenvalue weighted by Gasteiger charge is 2.34. The van der Waals surface area contributed by atoms with Gasteiger partial charge in [0, 0.05) is 55.7 Å². The molecule has 2 aliphatic heterocycles. The summed E-state index contributed by atoms with van der Waals surface area (Å²) in [5, 5.41) is 12.4. The number of hydrogen-bond donors (Lipinski definition) is 3. The van der Waals surface area contributed by atoms with Crippen LogP contribution < -0.4 is 11.0 Å². The van der Waals surface area contributed by atoms with Crippen molar-refractivity contribution >= 4 is 22.6 Å². The van der Waals surface area contributed by atoms with Gasteiger partial charge in [0.25, 0.3) is 5.91 Å². The molecule has 2 aromatic heterocycles. The summed E-state index contributed by atoms with van der Waals surface area (Å²) < 4.78 is 15.0. The number of aromatic nitrogens is 3. The Balaban J connectivity index is 1.04. The van der Waals surface area contributed by atoms with Gasteiger partial charge in [-0.1, -0.05) is 48.5 Å². The number of carbonyl (C=O) groups excluding carboxylic acids is 1. The molecule has 3 aromatic carbocycles. The average Bonchev–Trinajstić information content (AvgIpc) is 3.44. The Morgan fingerprint density at radius 1 is 0.935 bits per heavy atom. The highest BCUT2D eigenvalue weighted by molar-refractivity contribution is 6.04. The molecule has 10 heteroatoms. The number of pyridine rings is 1. The number of nitrogens with one attached hydrogen (secondary N) is 2. The summed E-state index contributed by atoms with van der Waals surface area (Å²) in [6.45, 7) is 2.47. The molecule has 7 rings (SSSR count). The van der Waals surface area contributed by atoms with Crippen molar-refractivity contribution < 1.29 is 19.4 Å².